The first-order chi connectivity index (χ1) is 17.0. The molecule has 0 unspecified atom stereocenters. The van der Waals surface area contributed by atoms with Crippen molar-refractivity contribution >= 4 is 56.3 Å². The van der Waals surface area contributed by atoms with E-state index < -0.39 is 0 Å². The maximum Gasteiger partial charge on any atom is 0.255 e. The highest BCUT2D eigenvalue weighted by molar-refractivity contribution is 7.17. The molecule has 0 atom stereocenters. The molecule has 0 aliphatic carbocycles. The highest BCUT2D eigenvalue weighted by atomic mass is 35.5. The van der Waals surface area contributed by atoms with E-state index in [1.165, 1.54) is 17.5 Å². The molecule has 2 heterocycles. The topological polar surface area (TPSA) is 116 Å². The molecule has 4 N–H and O–H groups in total. The van der Waals surface area contributed by atoms with Crippen molar-refractivity contribution < 1.29 is 19.1 Å². The van der Waals surface area contributed by atoms with Crippen molar-refractivity contribution in [1.29, 1.82) is 0 Å². The summed E-state index contributed by atoms with van der Waals surface area (Å²) in [5, 5.41) is 8.81. The van der Waals surface area contributed by atoms with Crippen molar-refractivity contribution in [2.45, 2.75) is 6.61 Å². The number of pyridine rings is 1. The number of methoxy groups -OCH3 is 1. The first kappa shape index (κ1) is 24.5. The van der Waals surface area contributed by atoms with Gasteiger partial charge in [0.15, 0.2) is 0 Å². The Morgan fingerprint density at radius 3 is 2.71 bits per heavy atom. The maximum absolute atomic E-state index is 12.6. The number of aromatic nitrogens is 1. The molecule has 2 aromatic heterocycles. The smallest absolute Gasteiger partial charge is 0.255 e. The van der Waals surface area contributed by atoms with Crippen molar-refractivity contribution in [3.05, 3.63) is 81.8 Å². The minimum Gasteiger partial charge on any atom is -0.489 e. The predicted molar refractivity (Wildman–Crippen MR) is 138 cm³/mol. The number of amides is 2. The summed E-state index contributed by atoms with van der Waals surface area (Å²) < 4.78 is 11.7. The van der Waals surface area contributed by atoms with Crippen LogP contribution in [0.2, 0.25) is 5.02 Å². The summed E-state index contributed by atoms with van der Waals surface area (Å²) in [5.74, 6) is 0.409. The number of carbonyl (C=O) groups is 2. The summed E-state index contributed by atoms with van der Waals surface area (Å²) in [6.45, 7) is 1.03. The minimum absolute atomic E-state index is 0.217. The van der Waals surface area contributed by atoms with Crippen LogP contribution in [0.15, 0.2) is 60.1 Å². The van der Waals surface area contributed by atoms with Gasteiger partial charge in [-0.05, 0) is 41.8 Å². The number of halogens is 1. The lowest BCUT2D eigenvalue weighted by atomic mass is 10.1. The standard InChI is InChI=1S/C25H23ClN4O4S/c1-33-10-9-28-25(32)20-12-29-23(27)21-16(14-35-22(20)21)13-34-19-4-2-3-18(11-19)30-24(31)15-5-7-17(26)8-6-15/h2-8,11-12,14H,9-10,13H2,1H3,(H2,27,29)(H,28,32)(H,30,31). The lowest BCUT2D eigenvalue weighted by Gasteiger charge is -2.10. The number of nitrogens with zero attached hydrogens (tertiary/aromatic N) is 1. The van der Waals surface area contributed by atoms with E-state index in [-0.39, 0.29) is 18.4 Å². The second kappa shape index (κ2) is 11.2. The normalized spacial score (nSPS) is 10.8. The molecular formula is C25H23ClN4O4S. The largest absolute Gasteiger partial charge is 0.489 e. The van der Waals surface area contributed by atoms with E-state index in [2.05, 4.69) is 15.6 Å². The number of nitrogens with one attached hydrogen (secondary N) is 2. The van der Waals surface area contributed by atoms with Crippen LogP contribution in [0.25, 0.3) is 10.1 Å². The molecule has 4 aromatic rings. The molecule has 0 bridgehead atoms. The molecule has 2 aromatic carbocycles. The second-order valence-electron chi connectivity index (χ2n) is 7.55. The van der Waals surface area contributed by atoms with Crippen LogP contribution in [-0.4, -0.2) is 37.1 Å². The molecular weight excluding hydrogens is 488 g/mol. The summed E-state index contributed by atoms with van der Waals surface area (Å²) in [4.78, 5) is 29.3. The zero-order valence-electron chi connectivity index (χ0n) is 18.8. The van der Waals surface area contributed by atoms with E-state index in [1.54, 1.807) is 55.6 Å². The van der Waals surface area contributed by atoms with Gasteiger partial charge in [0, 0.05) is 53.1 Å². The second-order valence-corrected chi connectivity index (χ2v) is 8.86. The lowest BCUT2D eigenvalue weighted by molar-refractivity contribution is 0.0938. The average molecular weight is 511 g/mol. The highest BCUT2D eigenvalue weighted by Gasteiger charge is 2.17. The van der Waals surface area contributed by atoms with Gasteiger partial charge in [0.25, 0.3) is 11.8 Å². The molecule has 0 aliphatic rings. The first-order valence-corrected chi connectivity index (χ1v) is 11.9. The van der Waals surface area contributed by atoms with Gasteiger partial charge in [0.2, 0.25) is 0 Å². The minimum atomic E-state index is -0.252. The van der Waals surface area contributed by atoms with Crippen molar-refractivity contribution in [2.75, 3.05) is 31.3 Å². The number of anilines is 2. The van der Waals surface area contributed by atoms with Gasteiger partial charge in [-0.1, -0.05) is 17.7 Å². The SMILES string of the molecule is COCCNC(=O)c1cnc(N)c2c(COc3cccc(NC(=O)c4ccc(Cl)cc4)c3)csc12. The molecule has 10 heteroatoms. The van der Waals surface area contributed by atoms with E-state index in [1.807, 2.05) is 5.38 Å². The monoisotopic (exact) mass is 510 g/mol. The van der Waals surface area contributed by atoms with Gasteiger partial charge in [-0.2, -0.15) is 0 Å². The number of nitrogens with two attached hydrogens (primary N) is 1. The quantitative estimate of drug-likeness (QED) is 0.280. The van der Waals surface area contributed by atoms with Crippen LogP contribution >= 0.6 is 22.9 Å². The summed E-state index contributed by atoms with van der Waals surface area (Å²) in [6.07, 6.45) is 1.48. The fourth-order valence-corrected chi connectivity index (χ4v) is 4.59. The van der Waals surface area contributed by atoms with E-state index in [0.29, 0.717) is 51.9 Å². The molecule has 180 valence electrons. The van der Waals surface area contributed by atoms with Crippen LogP contribution in [0.1, 0.15) is 26.3 Å². The van der Waals surface area contributed by atoms with Gasteiger partial charge in [0.1, 0.15) is 18.2 Å². The Labute approximate surface area is 211 Å². The molecule has 0 radical (unpaired) electrons. The number of fused-ring (bicyclic) bond motifs is 1. The zero-order valence-corrected chi connectivity index (χ0v) is 20.4. The van der Waals surface area contributed by atoms with Gasteiger partial charge < -0.3 is 25.8 Å². The molecule has 0 saturated carbocycles. The Hall–Kier alpha value is -3.66. The van der Waals surface area contributed by atoms with E-state index in [4.69, 9.17) is 26.8 Å². The summed E-state index contributed by atoms with van der Waals surface area (Å²) in [7, 11) is 1.57. The Balaban J connectivity index is 1.47. The average Bonchev–Trinajstić information content (AvgIpc) is 3.28. The fourth-order valence-electron chi connectivity index (χ4n) is 3.39. The number of nitrogen functional groups attached to an aromatic ring is 1. The van der Waals surface area contributed by atoms with Crippen molar-refractivity contribution in [1.82, 2.24) is 10.3 Å². The Bertz CT molecular complexity index is 1360. The third-order valence-corrected chi connectivity index (χ3v) is 6.44. The summed E-state index contributed by atoms with van der Waals surface area (Å²) in [5.41, 5.74) is 8.49. The predicted octanol–water partition coefficient (Wildman–Crippen LogP) is 4.74. The molecule has 2 amide bonds. The van der Waals surface area contributed by atoms with E-state index in [0.717, 1.165) is 10.3 Å². The zero-order chi connectivity index (χ0) is 24.8. The lowest BCUT2D eigenvalue weighted by Crippen LogP contribution is -2.27. The van der Waals surface area contributed by atoms with Gasteiger partial charge in [0.05, 0.1) is 16.9 Å². The van der Waals surface area contributed by atoms with Crippen molar-refractivity contribution in [3.8, 4) is 5.75 Å². The number of hydrogen-bond acceptors (Lipinski definition) is 7. The van der Waals surface area contributed by atoms with Gasteiger partial charge in [-0.15, -0.1) is 11.3 Å². The molecule has 0 aliphatic heterocycles. The van der Waals surface area contributed by atoms with E-state index >= 15 is 0 Å². The van der Waals surface area contributed by atoms with Crippen LogP contribution in [0.3, 0.4) is 0 Å². The molecule has 0 saturated heterocycles. The number of carbonyl (C=O) groups excluding carboxylic acids is 2. The highest BCUT2D eigenvalue weighted by Crippen LogP contribution is 2.33. The molecule has 35 heavy (non-hydrogen) atoms. The van der Waals surface area contributed by atoms with Gasteiger partial charge in [-0.3, -0.25) is 9.59 Å². The third-order valence-electron chi connectivity index (χ3n) is 5.13. The van der Waals surface area contributed by atoms with Gasteiger partial charge in [-0.25, -0.2) is 4.98 Å². The molecule has 4 rings (SSSR count). The van der Waals surface area contributed by atoms with Crippen LogP contribution < -0.4 is 21.1 Å². The summed E-state index contributed by atoms with van der Waals surface area (Å²) in [6, 6.07) is 13.7. The van der Waals surface area contributed by atoms with Crippen molar-refractivity contribution in [2.24, 2.45) is 0 Å². The van der Waals surface area contributed by atoms with Gasteiger partial charge >= 0.3 is 0 Å². The molecule has 0 spiro atoms. The Morgan fingerprint density at radius 1 is 1.14 bits per heavy atom. The van der Waals surface area contributed by atoms with Crippen molar-refractivity contribution in [3.63, 3.8) is 0 Å². The van der Waals surface area contributed by atoms with Crippen LogP contribution in [0, 0.1) is 0 Å². The number of hydrogen-bond donors (Lipinski definition) is 3. The van der Waals surface area contributed by atoms with Crippen LogP contribution in [0.5, 0.6) is 5.75 Å². The van der Waals surface area contributed by atoms with Crippen LogP contribution in [-0.2, 0) is 11.3 Å². The molecule has 8 nitrogen and oxygen atoms in total. The number of ether oxygens (including phenoxy) is 2. The Kier molecular flexibility index (Phi) is 7.81. The third kappa shape index (κ3) is 5.89. The number of thiophene rings is 1. The maximum atomic E-state index is 12.6. The van der Waals surface area contributed by atoms with Crippen LogP contribution in [0.4, 0.5) is 11.5 Å². The fraction of sp³-hybridized carbons (Fsp3) is 0.160. The first-order valence-electron chi connectivity index (χ1n) is 10.7. The Morgan fingerprint density at radius 2 is 1.94 bits per heavy atom. The summed E-state index contributed by atoms with van der Waals surface area (Å²) >= 11 is 7.30. The number of rotatable bonds is 9. The van der Waals surface area contributed by atoms with E-state index in [9.17, 15) is 9.59 Å². The molecule has 0 fully saturated rings. The number of benzene rings is 2.